The van der Waals surface area contributed by atoms with E-state index in [2.05, 4.69) is 4.72 Å². The average Bonchev–Trinajstić information content (AvgIpc) is 2.53. The maximum Gasteiger partial charge on any atom is 0.270 e. The van der Waals surface area contributed by atoms with Crippen molar-refractivity contribution in [1.29, 1.82) is 0 Å². The molecule has 0 aromatic heterocycles. The van der Waals surface area contributed by atoms with Crippen molar-refractivity contribution < 1.29 is 13.3 Å². The first-order valence-electron chi connectivity index (χ1n) is 8.35. The lowest BCUT2D eigenvalue weighted by Gasteiger charge is -2.27. The number of nitro groups is 1. The molecule has 0 bridgehead atoms. The summed E-state index contributed by atoms with van der Waals surface area (Å²) in [5.41, 5.74) is 9.09. The minimum absolute atomic E-state index is 0. The molecule has 1 aliphatic rings. The second-order valence-corrected chi connectivity index (χ2v) is 8.34. The monoisotopic (exact) mass is 411 g/mol. The van der Waals surface area contributed by atoms with Gasteiger partial charge in [0.2, 0.25) is 10.0 Å². The Kier molecular flexibility index (Phi) is 6.14. The van der Waals surface area contributed by atoms with Crippen LogP contribution in [0.15, 0.2) is 35.2 Å². The molecule has 2 aromatic rings. The van der Waals surface area contributed by atoms with Crippen molar-refractivity contribution in [3.8, 4) is 0 Å². The molecule has 1 aliphatic carbocycles. The maximum absolute atomic E-state index is 13.0. The third-order valence-corrected chi connectivity index (χ3v) is 6.48. The summed E-state index contributed by atoms with van der Waals surface area (Å²) in [6, 6.07) is 7.77. The number of aryl methyl sites for hydroxylation is 3. The number of nitrogens with two attached hydrogens (primary N) is 1. The first-order valence-corrected chi connectivity index (χ1v) is 9.83. The smallest absolute Gasteiger partial charge is 0.270 e. The Labute approximate surface area is 164 Å². The van der Waals surface area contributed by atoms with E-state index in [-0.39, 0.29) is 29.0 Å². The second-order valence-electron chi connectivity index (χ2n) is 6.69. The van der Waals surface area contributed by atoms with Crippen molar-refractivity contribution in [2.24, 2.45) is 0 Å². The molecular formula is C18H22ClN3O4S. The van der Waals surface area contributed by atoms with Gasteiger partial charge in [0.15, 0.2) is 0 Å². The molecule has 27 heavy (non-hydrogen) atoms. The van der Waals surface area contributed by atoms with E-state index in [1.54, 1.807) is 19.9 Å². The lowest BCUT2D eigenvalue weighted by Crippen LogP contribution is -2.32. The molecule has 0 heterocycles. The minimum Gasteiger partial charge on any atom is -0.399 e. The van der Waals surface area contributed by atoms with E-state index in [1.165, 1.54) is 12.1 Å². The zero-order chi connectivity index (χ0) is 19.1. The van der Waals surface area contributed by atoms with E-state index in [0.717, 1.165) is 24.0 Å². The standard InChI is InChI=1S/C18H21N3O4S.ClH/c1-11-8-15(21(22)23)9-12(2)18(11)26(24,25)20-17-5-3-4-13-10-14(19)6-7-16(13)17;/h6-10,17,20H,3-5,19H2,1-2H3;1H. The van der Waals surface area contributed by atoms with Gasteiger partial charge in [0, 0.05) is 23.9 Å². The molecule has 0 amide bonds. The summed E-state index contributed by atoms with van der Waals surface area (Å²) in [6.07, 6.45) is 2.43. The number of anilines is 1. The highest BCUT2D eigenvalue weighted by Crippen LogP contribution is 2.33. The number of nitrogens with one attached hydrogen (secondary N) is 1. The second kappa shape index (κ2) is 7.84. The van der Waals surface area contributed by atoms with E-state index in [0.29, 0.717) is 23.2 Å². The fourth-order valence-corrected chi connectivity index (χ4v) is 5.36. The summed E-state index contributed by atoms with van der Waals surface area (Å²) in [6.45, 7) is 3.15. The number of nitrogens with zero attached hydrogens (tertiary/aromatic N) is 1. The fraction of sp³-hybridized carbons (Fsp3) is 0.333. The highest BCUT2D eigenvalue weighted by atomic mass is 35.5. The quantitative estimate of drug-likeness (QED) is 0.453. The predicted molar refractivity (Wildman–Crippen MR) is 107 cm³/mol. The highest BCUT2D eigenvalue weighted by molar-refractivity contribution is 7.89. The Hall–Kier alpha value is -2.16. The number of nitro benzene ring substituents is 1. The molecule has 0 radical (unpaired) electrons. The zero-order valence-corrected chi connectivity index (χ0v) is 16.7. The van der Waals surface area contributed by atoms with Gasteiger partial charge in [-0.05, 0) is 67.5 Å². The van der Waals surface area contributed by atoms with Crippen LogP contribution in [0.25, 0.3) is 0 Å². The van der Waals surface area contributed by atoms with Gasteiger partial charge in [0.05, 0.1) is 9.82 Å². The predicted octanol–water partition coefficient (Wildman–Crippen LogP) is 3.57. The lowest BCUT2D eigenvalue weighted by molar-refractivity contribution is -0.385. The van der Waals surface area contributed by atoms with Gasteiger partial charge in [0.25, 0.3) is 5.69 Å². The first kappa shape index (κ1) is 21.1. The van der Waals surface area contributed by atoms with Gasteiger partial charge in [-0.1, -0.05) is 6.07 Å². The number of non-ortho nitro benzene ring substituents is 1. The number of hydrogen-bond donors (Lipinski definition) is 2. The van der Waals surface area contributed by atoms with E-state index in [4.69, 9.17) is 5.73 Å². The number of benzene rings is 2. The molecule has 0 aliphatic heterocycles. The third kappa shape index (κ3) is 4.23. The molecule has 0 spiro atoms. The largest absolute Gasteiger partial charge is 0.399 e. The van der Waals surface area contributed by atoms with Crippen molar-refractivity contribution >= 4 is 33.8 Å². The Morgan fingerprint density at radius 3 is 2.41 bits per heavy atom. The molecule has 146 valence electrons. The van der Waals surface area contributed by atoms with Gasteiger partial charge in [-0.3, -0.25) is 10.1 Å². The Morgan fingerprint density at radius 1 is 1.19 bits per heavy atom. The fourth-order valence-electron chi connectivity index (χ4n) is 3.66. The summed E-state index contributed by atoms with van der Waals surface area (Å²) in [7, 11) is -3.82. The molecule has 1 unspecified atom stereocenters. The number of halogens is 1. The molecule has 3 N–H and O–H groups in total. The summed E-state index contributed by atoms with van der Waals surface area (Å²) in [4.78, 5) is 10.6. The van der Waals surface area contributed by atoms with E-state index >= 15 is 0 Å². The maximum atomic E-state index is 13.0. The van der Waals surface area contributed by atoms with Crippen LogP contribution >= 0.6 is 12.4 Å². The molecule has 3 rings (SSSR count). The normalized spacial score (nSPS) is 16.3. The van der Waals surface area contributed by atoms with Gasteiger partial charge in [-0.15, -0.1) is 12.4 Å². The molecule has 0 saturated heterocycles. The highest BCUT2D eigenvalue weighted by Gasteiger charge is 2.28. The molecule has 1 atom stereocenters. The van der Waals surface area contributed by atoms with Crippen LogP contribution in [-0.4, -0.2) is 13.3 Å². The van der Waals surface area contributed by atoms with Crippen molar-refractivity contribution in [1.82, 2.24) is 4.72 Å². The Bertz CT molecular complexity index is 969. The summed E-state index contributed by atoms with van der Waals surface area (Å²) >= 11 is 0. The van der Waals surface area contributed by atoms with Crippen LogP contribution < -0.4 is 10.5 Å². The molecule has 0 fully saturated rings. The number of sulfonamides is 1. The van der Waals surface area contributed by atoms with Crippen LogP contribution in [0.3, 0.4) is 0 Å². The van der Waals surface area contributed by atoms with E-state index in [1.807, 2.05) is 12.1 Å². The van der Waals surface area contributed by atoms with Crippen molar-refractivity contribution in [2.45, 2.75) is 44.0 Å². The van der Waals surface area contributed by atoms with Crippen LogP contribution in [0.1, 0.15) is 41.1 Å². The summed E-state index contributed by atoms with van der Waals surface area (Å²) < 4.78 is 28.8. The summed E-state index contributed by atoms with van der Waals surface area (Å²) in [5, 5.41) is 11.0. The lowest BCUT2D eigenvalue weighted by atomic mass is 9.88. The Morgan fingerprint density at radius 2 is 1.81 bits per heavy atom. The SMILES string of the molecule is Cc1cc([N+](=O)[O-])cc(C)c1S(=O)(=O)NC1CCCc2cc(N)ccc21.Cl. The van der Waals surface area contributed by atoms with E-state index < -0.39 is 14.9 Å². The number of nitrogen functional groups attached to an aromatic ring is 1. The van der Waals surface area contributed by atoms with Gasteiger partial charge < -0.3 is 5.73 Å². The van der Waals surface area contributed by atoms with Crippen LogP contribution in [-0.2, 0) is 16.4 Å². The van der Waals surface area contributed by atoms with Gasteiger partial charge >= 0.3 is 0 Å². The number of fused-ring (bicyclic) bond motifs is 1. The first-order chi connectivity index (χ1) is 12.2. The zero-order valence-electron chi connectivity index (χ0n) is 15.1. The molecule has 9 heteroatoms. The van der Waals surface area contributed by atoms with Crippen LogP contribution in [0, 0.1) is 24.0 Å². The van der Waals surface area contributed by atoms with Crippen LogP contribution in [0.4, 0.5) is 11.4 Å². The third-order valence-electron chi connectivity index (χ3n) is 4.70. The molecular weight excluding hydrogens is 390 g/mol. The Balaban J connectivity index is 0.00000261. The molecule has 2 aromatic carbocycles. The van der Waals surface area contributed by atoms with Gasteiger partial charge in [0.1, 0.15) is 0 Å². The summed E-state index contributed by atoms with van der Waals surface area (Å²) in [5.74, 6) is 0. The van der Waals surface area contributed by atoms with Crippen molar-refractivity contribution in [3.63, 3.8) is 0 Å². The topological polar surface area (TPSA) is 115 Å². The van der Waals surface area contributed by atoms with Crippen molar-refractivity contribution in [3.05, 3.63) is 62.7 Å². The van der Waals surface area contributed by atoms with Crippen LogP contribution in [0.2, 0.25) is 0 Å². The minimum atomic E-state index is -3.82. The van der Waals surface area contributed by atoms with Crippen LogP contribution in [0.5, 0.6) is 0 Å². The average molecular weight is 412 g/mol. The molecule has 0 saturated carbocycles. The number of rotatable bonds is 4. The van der Waals surface area contributed by atoms with Gasteiger partial charge in [-0.2, -0.15) is 0 Å². The number of hydrogen-bond acceptors (Lipinski definition) is 5. The molecule has 7 nitrogen and oxygen atoms in total. The van der Waals surface area contributed by atoms with Gasteiger partial charge in [-0.25, -0.2) is 13.1 Å². The van der Waals surface area contributed by atoms with Crippen molar-refractivity contribution in [2.75, 3.05) is 5.73 Å². The van der Waals surface area contributed by atoms with E-state index in [9.17, 15) is 18.5 Å².